The van der Waals surface area contributed by atoms with Crippen LogP contribution in [0.1, 0.15) is 27.7 Å². The second-order valence-electron chi connectivity index (χ2n) is 4.51. The Morgan fingerprint density at radius 2 is 1.93 bits per heavy atom. The van der Waals surface area contributed by atoms with Crippen LogP contribution < -0.4 is 4.90 Å². The lowest BCUT2D eigenvalue weighted by atomic mass is 10.0. The van der Waals surface area contributed by atoms with Crippen molar-refractivity contribution in [1.29, 1.82) is 0 Å². The highest BCUT2D eigenvalue weighted by molar-refractivity contribution is 9.10. The summed E-state index contributed by atoms with van der Waals surface area (Å²) in [4.78, 5) is 2.17. The summed E-state index contributed by atoms with van der Waals surface area (Å²) < 4.78 is 13.9. The Bertz CT molecular complexity index is 344. The van der Waals surface area contributed by atoms with Crippen LogP contribution in [0.4, 0.5) is 10.1 Å². The van der Waals surface area contributed by atoms with E-state index < -0.39 is 0 Å². The van der Waals surface area contributed by atoms with Gasteiger partial charge >= 0.3 is 0 Å². The molecule has 0 aromatic heterocycles. The molecule has 0 aliphatic rings. The lowest BCUT2D eigenvalue weighted by Crippen LogP contribution is -2.41. The molecular formula is C12H17BrFN. The number of hydrogen-bond donors (Lipinski definition) is 0. The van der Waals surface area contributed by atoms with Gasteiger partial charge in [0.05, 0.1) is 4.47 Å². The molecule has 0 unspecified atom stereocenters. The molecule has 3 heteroatoms. The zero-order chi connectivity index (χ0) is 11.6. The van der Waals surface area contributed by atoms with Crippen molar-refractivity contribution in [2.45, 2.75) is 33.2 Å². The number of halogens is 2. The normalized spacial score (nSPS) is 11.6. The monoisotopic (exact) mass is 273 g/mol. The predicted molar refractivity (Wildman–Crippen MR) is 66.9 cm³/mol. The van der Waals surface area contributed by atoms with Crippen LogP contribution in [0.25, 0.3) is 0 Å². The van der Waals surface area contributed by atoms with Crippen LogP contribution in [0, 0.1) is 5.82 Å². The Morgan fingerprint density at radius 3 is 2.33 bits per heavy atom. The van der Waals surface area contributed by atoms with E-state index in [1.165, 1.54) is 0 Å². The molecule has 1 rings (SSSR count). The molecule has 0 radical (unpaired) electrons. The molecule has 0 aliphatic heterocycles. The van der Waals surface area contributed by atoms with E-state index in [1.807, 2.05) is 6.07 Å². The first-order valence-corrected chi connectivity index (χ1v) is 5.88. The Morgan fingerprint density at radius 1 is 1.33 bits per heavy atom. The van der Waals surface area contributed by atoms with Gasteiger partial charge in [0.1, 0.15) is 5.82 Å². The van der Waals surface area contributed by atoms with Crippen LogP contribution in [0.2, 0.25) is 0 Å². The fourth-order valence-electron chi connectivity index (χ4n) is 1.70. The molecule has 0 amide bonds. The fourth-order valence-corrected chi connectivity index (χ4v) is 1.94. The topological polar surface area (TPSA) is 3.24 Å². The van der Waals surface area contributed by atoms with Crippen molar-refractivity contribution in [3.05, 3.63) is 28.5 Å². The van der Waals surface area contributed by atoms with Gasteiger partial charge in [-0.2, -0.15) is 0 Å². The van der Waals surface area contributed by atoms with E-state index >= 15 is 0 Å². The van der Waals surface area contributed by atoms with Gasteiger partial charge in [-0.3, -0.25) is 0 Å². The van der Waals surface area contributed by atoms with Crippen LogP contribution in [0.3, 0.4) is 0 Å². The summed E-state index contributed by atoms with van der Waals surface area (Å²) in [5.41, 5.74) is 0.931. The van der Waals surface area contributed by atoms with E-state index in [-0.39, 0.29) is 11.4 Å². The summed E-state index contributed by atoms with van der Waals surface area (Å²) in [7, 11) is 0. The van der Waals surface area contributed by atoms with Gasteiger partial charge in [-0.1, -0.05) is 0 Å². The highest BCUT2D eigenvalue weighted by Gasteiger charge is 2.20. The van der Waals surface area contributed by atoms with Crippen LogP contribution in [0.5, 0.6) is 0 Å². The van der Waals surface area contributed by atoms with Crippen molar-refractivity contribution in [1.82, 2.24) is 0 Å². The highest BCUT2D eigenvalue weighted by atomic mass is 79.9. The molecule has 1 aromatic rings. The summed E-state index contributed by atoms with van der Waals surface area (Å²) in [6.07, 6.45) is 0. The SMILES string of the molecule is CCN(c1ccc(Br)c(F)c1)C(C)(C)C. The Hall–Kier alpha value is -0.570. The van der Waals surface area contributed by atoms with Crippen molar-refractivity contribution in [3.63, 3.8) is 0 Å². The average Bonchev–Trinajstić information content (AvgIpc) is 2.10. The fraction of sp³-hybridized carbons (Fsp3) is 0.500. The smallest absolute Gasteiger partial charge is 0.139 e. The van der Waals surface area contributed by atoms with E-state index in [1.54, 1.807) is 12.1 Å². The minimum atomic E-state index is -0.213. The lowest BCUT2D eigenvalue weighted by molar-refractivity contribution is 0.511. The summed E-state index contributed by atoms with van der Waals surface area (Å²) >= 11 is 3.16. The summed E-state index contributed by atoms with van der Waals surface area (Å²) in [5.74, 6) is -0.213. The van der Waals surface area contributed by atoms with Gasteiger partial charge in [0.2, 0.25) is 0 Å². The quantitative estimate of drug-likeness (QED) is 0.780. The van der Waals surface area contributed by atoms with Gasteiger partial charge in [-0.05, 0) is 61.8 Å². The number of benzene rings is 1. The average molecular weight is 274 g/mol. The first-order valence-electron chi connectivity index (χ1n) is 5.09. The summed E-state index contributed by atoms with van der Waals surface area (Å²) in [6.45, 7) is 9.30. The highest BCUT2D eigenvalue weighted by Crippen LogP contribution is 2.27. The molecule has 1 aromatic carbocycles. The summed E-state index contributed by atoms with van der Waals surface area (Å²) in [6, 6.07) is 5.25. The Labute approximate surface area is 99.4 Å². The maximum atomic E-state index is 13.4. The zero-order valence-corrected chi connectivity index (χ0v) is 11.2. The minimum absolute atomic E-state index is 0.00895. The molecule has 15 heavy (non-hydrogen) atoms. The van der Waals surface area contributed by atoms with Crippen molar-refractivity contribution in [3.8, 4) is 0 Å². The van der Waals surface area contributed by atoms with Crippen LogP contribution in [-0.4, -0.2) is 12.1 Å². The Kier molecular flexibility index (Phi) is 3.77. The Balaban J connectivity index is 3.08. The van der Waals surface area contributed by atoms with E-state index in [0.717, 1.165) is 12.2 Å². The predicted octanol–water partition coefficient (Wildman–Crippen LogP) is 4.21. The van der Waals surface area contributed by atoms with E-state index in [9.17, 15) is 4.39 Å². The lowest BCUT2D eigenvalue weighted by Gasteiger charge is -2.37. The van der Waals surface area contributed by atoms with E-state index in [2.05, 4.69) is 48.5 Å². The molecule has 0 atom stereocenters. The molecule has 84 valence electrons. The zero-order valence-electron chi connectivity index (χ0n) is 9.64. The largest absolute Gasteiger partial charge is 0.367 e. The molecule has 0 saturated carbocycles. The van der Waals surface area contributed by atoms with Crippen LogP contribution >= 0.6 is 15.9 Å². The molecule has 0 saturated heterocycles. The first-order chi connectivity index (χ1) is 6.86. The third-order valence-electron chi connectivity index (χ3n) is 2.34. The standard InChI is InChI=1S/C12H17BrFN/c1-5-15(12(2,3)4)9-6-7-10(13)11(14)8-9/h6-8H,5H2,1-4H3. The molecular weight excluding hydrogens is 257 g/mol. The van der Waals surface area contributed by atoms with Crippen molar-refractivity contribution in [2.24, 2.45) is 0 Å². The third kappa shape index (κ3) is 2.94. The molecule has 0 aliphatic carbocycles. The van der Waals surface area contributed by atoms with Crippen LogP contribution in [-0.2, 0) is 0 Å². The van der Waals surface area contributed by atoms with E-state index in [4.69, 9.17) is 0 Å². The number of rotatable bonds is 2. The van der Waals surface area contributed by atoms with Gasteiger partial charge in [-0.15, -0.1) is 0 Å². The maximum Gasteiger partial charge on any atom is 0.139 e. The molecule has 0 spiro atoms. The van der Waals surface area contributed by atoms with Gasteiger partial charge in [0.15, 0.2) is 0 Å². The molecule has 0 N–H and O–H groups in total. The van der Waals surface area contributed by atoms with Crippen molar-refractivity contribution >= 4 is 21.6 Å². The van der Waals surface area contributed by atoms with Crippen LogP contribution in [0.15, 0.2) is 22.7 Å². The van der Waals surface area contributed by atoms with Gasteiger partial charge in [0.25, 0.3) is 0 Å². The number of nitrogens with zero attached hydrogens (tertiary/aromatic N) is 1. The van der Waals surface area contributed by atoms with Gasteiger partial charge < -0.3 is 4.90 Å². The molecule has 0 fully saturated rings. The van der Waals surface area contributed by atoms with Gasteiger partial charge in [0, 0.05) is 17.8 Å². The molecule has 0 bridgehead atoms. The molecule has 1 nitrogen and oxygen atoms in total. The van der Waals surface area contributed by atoms with Crippen molar-refractivity contribution in [2.75, 3.05) is 11.4 Å². The first kappa shape index (κ1) is 12.5. The third-order valence-corrected chi connectivity index (χ3v) is 2.98. The maximum absolute atomic E-state index is 13.4. The van der Waals surface area contributed by atoms with Crippen molar-refractivity contribution < 1.29 is 4.39 Å². The summed E-state index contributed by atoms with van der Waals surface area (Å²) in [5, 5.41) is 0. The number of hydrogen-bond acceptors (Lipinski definition) is 1. The molecule has 0 heterocycles. The second-order valence-corrected chi connectivity index (χ2v) is 5.37. The van der Waals surface area contributed by atoms with E-state index in [0.29, 0.717) is 4.47 Å². The minimum Gasteiger partial charge on any atom is -0.367 e. The number of anilines is 1. The van der Waals surface area contributed by atoms with Gasteiger partial charge in [-0.25, -0.2) is 4.39 Å². The second kappa shape index (κ2) is 4.52.